The molecule has 144 valence electrons. The van der Waals surface area contributed by atoms with Crippen LogP contribution < -0.4 is 0 Å². The summed E-state index contributed by atoms with van der Waals surface area (Å²) in [6, 6.07) is 0. The van der Waals surface area contributed by atoms with Gasteiger partial charge in [0.25, 0.3) is 0 Å². The fourth-order valence-electron chi connectivity index (χ4n) is 3.73. The van der Waals surface area contributed by atoms with Crippen molar-refractivity contribution in [2.45, 2.75) is 112 Å². The van der Waals surface area contributed by atoms with Crippen molar-refractivity contribution in [1.82, 2.24) is 0 Å². The van der Waals surface area contributed by atoms with E-state index < -0.39 is 50.8 Å². The van der Waals surface area contributed by atoms with Crippen LogP contribution in [0.1, 0.15) is 83.1 Å². The highest BCUT2D eigenvalue weighted by Crippen LogP contribution is 2.28. The second-order valence-corrected chi connectivity index (χ2v) is 21.2. The smallest absolute Gasteiger partial charge is 0.521 e. The fraction of sp³-hybridized carbons (Fsp3) is 1.00. The van der Waals surface area contributed by atoms with E-state index in [1.165, 1.54) is 0 Å². The molecule has 0 aromatic heterocycles. The minimum absolute atomic E-state index is 0.426. The van der Waals surface area contributed by atoms with Crippen LogP contribution in [0.3, 0.4) is 0 Å². The average Bonchev–Trinajstić information content (AvgIpc) is 2.43. The summed E-state index contributed by atoms with van der Waals surface area (Å²) in [4.78, 5) is 0. The van der Waals surface area contributed by atoms with Crippen LogP contribution in [0.15, 0.2) is 0 Å². The lowest BCUT2D eigenvalue weighted by atomic mass is 10.3. The molecule has 0 saturated carbocycles. The van der Waals surface area contributed by atoms with Gasteiger partial charge in [0.05, 0.1) is 0 Å². The van der Waals surface area contributed by atoms with Crippen molar-refractivity contribution in [3.8, 4) is 0 Å². The van der Waals surface area contributed by atoms with Crippen LogP contribution in [0.5, 0.6) is 0 Å². The largest absolute Gasteiger partial charge is 0.547 e. The summed E-state index contributed by atoms with van der Waals surface area (Å²) >= 11 is -4.16. The minimum Gasteiger partial charge on any atom is -0.521 e. The molecule has 0 spiro atoms. The molecule has 0 atom stereocenters. The predicted octanol–water partition coefficient (Wildman–Crippen LogP) is 6.46. The van der Waals surface area contributed by atoms with Gasteiger partial charge in [0, 0.05) is 0 Å². The van der Waals surface area contributed by atoms with E-state index in [9.17, 15) is 0 Å². The lowest BCUT2D eigenvalue weighted by molar-refractivity contribution is 0.294. The predicted molar refractivity (Wildman–Crippen MR) is 117 cm³/mol. The number of hydrogen-bond acceptors (Lipinski definition) is 3. The van der Waals surface area contributed by atoms with Gasteiger partial charge in [0.15, 0.2) is 0 Å². The van der Waals surface area contributed by atoms with Crippen molar-refractivity contribution >= 4 is 50.8 Å². The molecule has 0 aliphatic heterocycles. The van der Waals surface area contributed by atoms with Crippen LogP contribution in [0, 0.1) is 0 Å². The Bertz CT molecular complexity index is 276. The highest BCUT2D eigenvalue weighted by molar-refractivity contribution is 6.72. The quantitative estimate of drug-likeness (QED) is 0.353. The minimum atomic E-state index is -1.39. The standard InChI is InChI=1S/6C3H7.3Al.BO3/c6*1-3-2;;;;2-1(3)4/h6*3H,1-2H3;;;;/q;;;;;;3*+1;-3. The topological polar surface area (TPSA) is 27.7 Å². The molecule has 0 aliphatic rings. The van der Waals surface area contributed by atoms with E-state index in [2.05, 4.69) is 83.1 Å². The van der Waals surface area contributed by atoms with Crippen molar-refractivity contribution in [2.75, 3.05) is 0 Å². The summed E-state index contributed by atoms with van der Waals surface area (Å²) in [6.45, 7) is 27.4. The molecule has 25 heavy (non-hydrogen) atoms. The maximum atomic E-state index is 6.60. The molecule has 0 fully saturated rings. The third-order valence-corrected chi connectivity index (χ3v) is 14.2. The number of rotatable bonds is 12. The van der Waals surface area contributed by atoms with Gasteiger partial charge in [-0.3, -0.25) is 0 Å². The van der Waals surface area contributed by atoms with Crippen molar-refractivity contribution in [1.29, 1.82) is 0 Å². The lowest BCUT2D eigenvalue weighted by Gasteiger charge is -2.32. The molecule has 0 N–H and O–H groups in total. The van der Waals surface area contributed by atoms with Crippen molar-refractivity contribution < 1.29 is 11.1 Å². The van der Waals surface area contributed by atoms with Gasteiger partial charge in [0.2, 0.25) is 0 Å². The van der Waals surface area contributed by atoms with E-state index in [0.29, 0.717) is 28.7 Å². The van der Waals surface area contributed by atoms with Crippen molar-refractivity contribution in [3.63, 3.8) is 0 Å². The second kappa shape index (κ2) is 12.9. The van der Waals surface area contributed by atoms with Crippen molar-refractivity contribution in [3.05, 3.63) is 0 Å². The van der Waals surface area contributed by atoms with Crippen LogP contribution in [0.25, 0.3) is 0 Å². The molecule has 0 bridgehead atoms. The SMILES string of the molecule is C[CH](C)[Al]([O]B([O][Al]([CH](C)C)[CH](C)C)[O][Al]([CH](C)C)[CH](C)C)[CH](C)C. The van der Waals surface area contributed by atoms with Gasteiger partial charge >= 0.3 is 50.8 Å². The maximum absolute atomic E-state index is 6.60. The van der Waals surface area contributed by atoms with Crippen LogP contribution in [0.4, 0.5) is 0 Å². The molecule has 0 radical (unpaired) electrons. The Morgan fingerprint density at radius 1 is 0.400 bits per heavy atom. The van der Waals surface area contributed by atoms with Crippen molar-refractivity contribution in [2.24, 2.45) is 0 Å². The van der Waals surface area contributed by atoms with Crippen LogP contribution >= 0.6 is 0 Å². The molecule has 3 nitrogen and oxygen atoms in total. The Labute approximate surface area is 172 Å². The molecular formula is C18H42Al3BO3. The molecule has 0 aromatic carbocycles. The third-order valence-electron chi connectivity index (χ3n) is 4.75. The Morgan fingerprint density at radius 2 is 0.560 bits per heavy atom. The van der Waals surface area contributed by atoms with E-state index >= 15 is 0 Å². The van der Waals surface area contributed by atoms with Gasteiger partial charge < -0.3 is 11.1 Å². The van der Waals surface area contributed by atoms with Gasteiger partial charge in [0.1, 0.15) is 0 Å². The molecule has 0 unspecified atom stereocenters. The van der Waals surface area contributed by atoms with E-state index in [-0.39, 0.29) is 0 Å². The highest BCUT2D eigenvalue weighted by Gasteiger charge is 2.43. The van der Waals surface area contributed by atoms with Gasteiger partial charge in [-0.25, -0.2) is 0 Å². The first kappa shape index (κ1) is 26.5. The molecule has 0 rings (SSSR count). The average molecular weight is 398 g/mol. The first-order valence-corrected chi connectivity index (χ1v) is 15.8. The molecule has 0 aliphatic carbocycles. The van der Waals surface area contributed by atoms with E-state index in [4.69, 9.17) is 11.1 Å². The van der Waals surface area contributed by atoms with Crippen LogP contribution in [-0.4, -0.2) is 50.8 Å². The zero-order valence-electron chi connectivity index (χ0n) is 19.0. The lowest BCUT2D eigenvalue weighted by Crippen LogP contribution is -2.47. The van der Waals surface area contributed by atoms with Gasteiger partial charge in [-0.15, -0.1) is 0 Å². The summed E-state index contributed by atoms with van der Waals surface area (Å²) < 4.78 is 23.3. The highest BCUT2D eigenvalue weighted by atomic mass is 27.2. The molecule has 0 heterocycles. The van der Waals surface area contributed by atoms with Crippen LogP contribution in [0.2, 0.25) is 28.7 Å². The molecule has 0 amide bonds. The Hall–Kier alpha value is 1.54. The third kappa shape index (κ3) is 10.0. The monoisotopic (exact) mass is 398 g/mol. The van der Waals surface area contributed by atoms with Gasteiger partial charge in [-0.1, -0.05) is 112 Å². The summed E-state index contributed by atoms with van der Waals surface area (Å²) in [5, 5.41) is 0. The van der Waals surface area contributed by atoms with E-state index in [1.54, 1.807) is 0 Å². The molecule has 0 aromatic rings. The molecular weight excluding hydrogens is 356 g/mol. The second-order valence-electron chi connectivity index (χ2n) is 9.55. The fourth-order valence-corrected chi connectivity index (χ4v) is 11.8. The zero-order valence-corrected chi connectivity index (χ0v) is 22.5. The van der Waals surface area contributed by atoms with Crippen LogP contribution in [-0.2, 0) is 11.1 Å². The van der Waals surface area contributed by atoms with Gasteiger partial charge in [-0.05, 0) is 0 Å². The van der Waals surface area contributed by atoms with E-state index in [1.807, 2.05) is 0 Å². The Morgan fingerprint density at radius 3 is 0.680 bits per heavy atom. The first-order valence-electron chi connectivity index (χ1n) is 10.3. The Balaban J connectivity index is 5.40. The molecule has 7 heteroatoms. The Kier molecular flexibility index (Phi) is 13.7. The van der Waals surface area contributed by atoms with E-state index in [0.717, 1.165) is 0 Å². The van der Waals surface area contributed by atoms with Gasteiger partial charge in [-0.2, -0.15) is 0 Å². The maximum Gasteiger partial charge on any atom is 0.547 e. The number of hydrogen-bond donors (Lipinski definition) is 0. The first-order chi connectivity index (χ1) is 11.4. The summed E-state index contributed by atoms with van der Waals surface area (Å²) in [6.07, 6.45) is 0. The summed E-state index contributed by atoms with van der Waals surface area (Å²) in [5.41, 5.74) is 0. The summed E-state index contributed by atoms with van der Waals surface area (Å²) in [5.74, 6) is 0. The normalized spacial score (nSPS) is 12.2. The summed E-state index contributed by atoms with van der Waals surface area (Å²) in [7, 11) is -0.426. The molecule has 0 saturated heterocycles. The zero-order chi connectivity index (χ0) is 19.9.